The van der Waals surface area contributed by atoms with Crippen molar-refractivity contribution in [3.8, 4) is 0 Å². The molecule has 0 amide bonds. The van der Waals surface area contributed by atoms with Crippen LogP contribution < -0.4 is 5.73 Å². The number of anilines is 1. The zero-order valence-electron chi connectivity index (χ0n) is 10.7. The van der Waals surface area contributed by atoms with Gasteiger partial charge >= 0.3 is 0 Å². The molecule has 0 aromatic heterocycles. The molecule has 0 saturated heterocycles. The summed E-state index contributed by atoms with van der Waals surface area (Å²) in [6.07, 6.45) is 3.37. The maximum Gasteiger partial charge on any atom is 0.0673 e. The van der Waals surface area contributed by atoms with Gasteiger partial charge in [0, 0.05) is 36.9 Å². The first-order valence-electron chi connectivity index (χ1n) is 6.11. The molecule has 1 aliphatic heterocycles. The molecular formula is C14H19BrN2O. The Bertz CT molecular complexity index is 425. The molecule has 0 saturated carbocycles. The minimum atomic E-state index is 0.762. The second-order valence-electron chi connectivity index (χ2n) is 4.67. The summed E-state index contributed by atoms with van der Waals surface area (Å²) >= 11 is 3.48. The van der Waals surface area contributed by atoms with Crippen LogP contribution in [0.3, 0.4) is 0 Å². The highest BCUT2D eigenvalue weighted by Gasteiger charge is 2.12. The molecule has 2 N–H and O–H groups in total. The first kappa shape index (κ1) is 13.6. The summed E-state index contributed by atoms with van der Waals surface area (Å²) in [5, 5.41) is 0. The molecule has 0 bridgehead atoms. The van der Waals surface area contributed by atoms with E-state index >= 15 is 0 Å². The van der Waals surface area contributed by atoms with Gasteiger partial charge in [0.25, 0.3) is 0 Å². The van der Waals surface area contributed by atoms with E-state index in [4.69, 9.17) is 10.5 Å². The van der Waals surface area contributed by atoms with Crippen LogP contribution in [-0.4, -0.2) is 31.7 Å². The van der Waals surface area contributed by atoms with E-state index in [-0.39, 0.29) is 0 Å². The molecule has 0 spiro atoms. The molecule has 1 aromatic carbocycles. The third-order valence-electron chi connectivity index (χ3n) is 3.10. The lowest BCUT2D eigenvalue weighted by atomic mass is 10.1. The molecule has 1 aromatic rings. The molecule has 1 heterocycles. The van der Waals surface area contributed by atoms with Crippen LogP contribution in [0, 0.1) is 0 Å². The van der Waals surface area contributed by atoms with Gasteiger partial charge in [0.05, 0.1) is 6.61 Å². The van der Waals surface area contributed by atoms with Crippen molar-refractivity contribution in [1.29, 1.82) is 0 Å². The van der Waals surface area contributed by atoms with Crippen molar-refractivity contribution in [2.75, 3.05) is 32.5 Å². The highest BCUT2D eigenvalue weighted by molar-refractivity contribution is 9.10. The highest BCUT2D eigenvalue weighted by Crippen LogP contribution is 2.20. The summed E-state index contributed by atoms with van der Waals surface area (Å²) in [4.78, 5) is 2.42. The number of nitrogens with zero attached hydrogens (tertiary/aromatic N) is 1. The summed E-state index contributed by atoms with van der Waals surface area (Å²) in [5.74, 6) is 0. The molecule has 0 fully saturated rings. The Morgan fingerprint density at radius 3 is 2.83 bits per heavy atom. The average molecular weight is 311 g/mol. The standard InChI is InChI=1S/C14H19BrN2O/c1-18-10-11-2-4-17(5-3-11)9-12-6-13(15)8-14(16)7-12/h2,6-8H,3-5,9-10,16H2,1H3. The first-order valence-corrected chi connectivity index (χ1v) is 6.91. The molecule has 4 heteroatoms. The van der Waals surface area contributed by atoms with Crippen molar-refractivity contribution in [3.05, 3.63) is 39.9 Å². The van der Waals surface area contributed by atoms with E-state index in [2.05, 4.69) is 33.0 Å². The summed E-state index contributed by atoms with van der Waals surface area (Å²) in [6, 6.07) is 6.10. The Morgan fingerprint density at radius 1 is 1.39 bits per heavy atom. The van der Waals surface area contributed by atoms with Crippen molar-refractivity contribution in [1.82, 2.24) is 4.90 Å². The molecular weight excluding hydrogens is 292 g/mol. The Hall–Kier alpha value is -0.840. The van der Waals surface area contributed by atoms with Crippen LogP contribution in [0.15, 0.2) is 34.3 Å². The van der Waals surface area contributed by atoms with Gasteiger partial charge in [-0.1, -0.05) is 22.0 Å². The Morgan fingerprint density at radius 2 is 2.22 bits per heavy atom. The van der Waals surface area contributed by atoms with E-state index in [0.29, 0.717) is 0 Å². The molecule has 0 radical (unpaired) electrons. The topological polar surface area (TPSA) is 38.5 Å². The van der Waals surface area contributed by atoms with Crippen molar-refractivity contribution >= 4 is 21.6 Å². The average Bonchev–Trinajstić information content (AvgIpc) is 2.31. The van der Waals surface area contributed by atoms with Gasteiger partial charge in [-0.2, -0.15) is 0 Å². The number of hydrogen-bond acceptors (Lipinski definition) is 3. The fraction of sp³-hybridized carbons (Fsp3) is 0.429. The largest absolute Gasteiger partial charge is 0.399 e. The number of hydrogen-bond donors (Lipinski definition) is 1. The lowest BCUT2D eigenvalue weighted by Gasteiger charge is -2.26. The van der Waals surface area contributed by atoms with Crippen molar-refractivity contribution < 1.29 is 4.74 Å². The Kier molecular flexibility index (Phi) is 4.80. The van der Waals surface area contributed by atoms with Crippen LogP contribution in [-0.2, 0) is 11.3 Å². The monoisotopic (exact) mass is 310 g/mol. The smallest absolute Gasteiger partial charge is 0.0673 e. The predicted molar refractivity (Wildman–Crippen MR) is 78.4 cm³/mol. The van der Waals surface area contributed by atoms with Gasteiger partial charge < -0.3 is 10.5 Å². The number of halogens is 1. The van der Waals surface area contributed by atoms with Crippen molar-refractivity contribution in [2.45, 2.75) is 13.0 Å². The SMILES string of the molecule is COCC1=CCN(Cc2cc(N)cc(Br)c2)CC1. The molecule has 98 valence electrons. The van der Waals surface area contributed by atoms with Crippen molar-refractivity contribution in [2.24, 2.45) is 0 Å². The minimum Gasteiger partial charge on any atom is -0.399 e. The summed E-state index contributed by atoms with van der Waals surface area (Å²) in [5.41, 5.74) is 9.32. The third-order valence-corrected chi connectivity index (χ3v) is 3.56. The van der Waals surface area contributed by atoms with Crippen LogP contribution in [0.25, 0.3) is 0 Å². The van der Waals surface area contributed by atoms with E-state index in [1.165, 1.54) is 11.1 Å². The van der Waals surface area contributed by atoms with Gasteiger partial charge in [-0.15, -0.1) is 0 Å². The Labute approximate surface area is 117 Å². The van der Waals surface area contributed by atoms with E-state index < -0.39 is 0 Å². The number of nitrogens with two attached hydrogens (primary N) is 1. The zero-order valence-corrected chi connectivity index (χ0v) is 12.2. The van der Waals surface area contributed by atoms with Crippen LogP contribution in [0.4, 0.5) is 5.69 Å². The van der Waals surface area contributed by atoms with Gasteiger partial charge in [0.1, 0.15) is 0 Å². The summed E-state index contributed by atoms with van der Waals surface area (Å²) in [7, 11) is 1.75. The maximum atomic E-state index is 5.85. The summed E-state index contributed by atoms with van der Waals surface area (Å²) in [6.45, 7) is 3.78. The van der Waals surface area contributed by atoms with E-state index in [9.17, 15) is 0 Å². The van der Waals surface area contributed by atoms with Gasteiger partial charge in [-0.25, -0.2) is 0 Å². The van der Waals surface area contributed by atoms with Crippen LogP contribution >= 0.6 is 15.9 Å². The van der Waals surface area contributed by atoms with E-state index in [1.54, 1.807) is 7.11 Å². The minimum absolute atomic E-state index is 0.762. The fourth-order valence-corrected chi connectivity index (χ4v) is 2.80. The molecule has 18 heavy (non-hydrogen) atoms. The molecule has 0 aliphatic carbocycles. The quantitative estimate of drug-likeness (QED) is 0.686. The molecule has 3 nitrogen and oxygen atoms in total. The van der Waals surface area contributed by atoms with Gasteiger partial charge in [0.2, 0.25) is 0 Å². The maximum absolute atomic E-state index is 5.85. The highest BCUT2D eigenvalue weighted by atomic mass is 79.9. The van der Waals surface area contributed by atoms with Gasteiger partial charge in [0.15, 0.2) is 0 Å². The normalized spacial score (nSPS) is 16.7. The number of benzene rings is 1. The third kappa shape index (κ3) is 3.83. The van der Waals surface area contributed by atoms with Crippen LogP contribution in [0.1, 0.15) is 12.0 Å². The lowest BCUT2D eigenvalue weighted by Crippen LogP contribution is -2.29. The first-order chi connectivity index (χ1) is 8.67. The number of methoxy groups -OCH3 is 1. The van der Waals surface area contributed by atoms with Gasteiger partial charge in [-0.3, -0.25) is 4.90 Å². The Balaban J connectivity index is 1.95. The van der Waals surface area contributed by atoms with E-state index in [0.717, 1.165) is 42.8 Å². The van der Waals surface area contributed by atoms with E-state index in [1.807, 2.05) is 12.1 Å². The molecule has 0 unspecified atom stereocenters. The second-order valence-corrected chi connectivity index (χ2v) is 5.59. The van der Waals surface area contributed by atoms with Crippen LogP contribution in [0.2, 0.25) is 0 Å². The lowest BCUT2D eigenvalue weighted by molar-refractivity contribution is 0.210. The zero-order chi connectivity index (χ0) is 13.0. The predicted octanol–water partition coefficient (Wildman–Crippen LogP) is 2.81. The number of rotatable bonds is 4. The fourth-order valence-electron chi connectivity index (χ4n) is 2.24. The second kappa shape index (κ2) is 6.36. The van der Waals surface area contributed by atoms with Crippen LogP contribution in [0.5, 0.6) is 0 Å². The molecule has 1 aliphatic rings. The van der Waals surface area contributed by atoms with Gasteiger partial charge in [-0.05, 0) is 35.8 Å². The molecule has 2 rings (SSSR count). The van der Waals surface area contributed by atoms with Crippen molar-refractivity contribution in [3.63, 3.8) is 0 Å². The number of ether oxygens (including phenoxy) is 1. The molecule has 0 atom stereocenters. The number of nitrogen functional groups attached to an aromatic ring is 1. The summed E-state index contributed by atoms with van der Waals surface area (Å²) < 4.78 is 6.20.